The molecule has 6 heteroatoms. The molecule has 0 aromatic heterocycles. The lowest BCUT2D eigenvalue weighted by Gasteiger charge is -2.36. The van der Waals surface area contributed by atoms with Gasteiger partial charge < -0.3 is 9.64 Å². The van der Waals surface area contributed by atoms with Crippen LogP contribution in [0.4, 0.5) is 11.4 Å². The molecule has 28 heavy (non-hydrogen) atoms. The van der Waals surface area contributed by atoms with Crippen molar-refractivity contribution in [3.8, 4) is 5.75 Å². The predicted octanol–water partition coefficient (Wildman–Crippen LogP) is 3.77. The van der Waals surface area contributed by atoms with Crippen LogP contribution in [0, 0.1) is 0 Å². The third-order valence-corrected chi connectivity index (χ3v) is 5.81. The number of piperazine rings is 1. The summed E-state index contributed by atoms with van der Waals surface area (Å²) < 4.78 is 5.36. The molecule has 0 aliphatic carbocycles. The van der Waals surface area contributed by atoms with Crippen LogP contribution in [-0.4, -0.2) is 50.8 Å². The summed E-state index contributed by atoms with van der Waals surface area (Å²) in [5.74, 6) is 0.913. The van der Waals surface area contributed by atoms with E-state index in [0.29, 0.717) is 6.04 Å². The zero-order valence-corrected chi connectivity index (χ0v) is 17.2. The van der Waals surface area contributed by atoms with Crippen LogP contribution >= 0.6 is 11.6 Å². The smallest absolute Gasteiger partial charge is 0.120 e. The largest absolute Gasteiger partial charge is 0.497 e. The van der Waals surface area contributed by atoms with Gasteiger partial charge in [-0.1, -0.05) is 29.8 Å². The fraction of sp³-hybridized carbons (Fsp3) is 0.364. The van der Waals surface area contributed by atoms with Crippen molar-refractivity contribution in [1.29, 1.82) is 0 Å². The summed E-state index contributed by atoms with van der Waals surface area (Å²) in [5.41, 5.74) is 7.12. The van der Waals surface area contributed by atoms with Gasteiger partial charge in [0.15, 0.2) is 0 Å². The molecule has 2 aromatic carbocycles. The number of nitrogens with one attached hydrogen (secondary N) is 1. The first-order valence-electron chi connectivity index (χ1n) is 9.76. The molecule has 1 fully saturated rings. The van der Waals surface area contributed by atoms with E-state index in [2.05, 4.69) is 51.6 Å². The number of para-hydroxylation sites is 1. The van der Waals surface area contributed by atoms with Gasteiger partial charge in [-0.15, -0.1) is 0 Å². The van der Waals surface area contributed by atoms with Gasteiger partial charge in [0.25, 0.3) is 0 Å². The molecule has 0 amide bonds. The second-order valence-electron chi connectivity index (χ2n) is 7.34. The minimum Gasteiger partial charge on any atom is -0.497 e. The quantitative estimate of drug-likeness (QED) is 0.828. The normalized spacial score (nSPS) is 20.4. The third kappa shape index (κ3) is 4.12. The number of hydrazine groups is 1. The highest BCUT2D eigenvalue weighted by molar-refractivity contribution is 6.33. The molecule has 0 radical (unpaired) electrons. The van der Waals surface area contributed by atoms with E-state index in [4.69, 9.17) is 16.3 Å². The van der Waals surface area contributed by atoms with Crippen molar-refractivity contribution >= 4 is 23.0 Å². The summed E-state index contributed by atoms with van der Waals surface area (Å²) in [6.45, 7) is 7.32. The van der Waals surface area contributed by atoms with Crippen LogP contribution in [0.25, 0.3) is 0 Å². The van der Waals surface area contributed by atoms with Crippen molar-refractivity contribution in [3.63, 3.8) is 0 Å². The number of hydrogen-bond acceptors (Lipinski definition) is 5. The predicted molar refractivity (Wildman–Crippen MR) is 116 cm³/mol. The Labute approximate surface area is 172 Å². The van der Waals surface area contributed by atoms with Gasteiger partial charge in [0.2, 0.25) is 0 Å². The lowest BCUT2D eigenvalue weighted by atomic mass is 10.1. The molecule has 1 saturated heterocycles. The monoisotopic (exact) mass is 398 g/mol. The van der Waals surface area contributed by atoms with Gasteiger partial charge >= 0.3 is 0 Å². The number of nitrogens with zero attached hydrogens (tertiary/aromatic N) is 3. The van der Waals surface area contributed by atoms with Gasteiger partial charge in [0, 0.05) is 56.7 Å². The first-order chi connectivity index (χ1) is 13.6. The zero-order chi connectivity index (χ0) is 19.5. The minimum absolute atomic E-state index is 0.299. The Morgan fingerprint density at radius 2 is 1.86 bits per heavy atom. The highest BCUT2D eigenvalue weighted by Gasteiger charge is 2.25. The molecule has 2 aliphatic heterocycles. The molecule has 5 nitrogen and oxygen atoms in total. The van der Waals surface area contributed by atoms with Gasteiger partial charge in [-0.25, -0.2) is 5.43 Å². The number of rotatable bonds is 5. The fourth-order valence-corrected chi connectivity index (χ4v) is 4.03. The van der Waals surface area contributed by atoms with E-state index in [-0.39, 0.29) is 0 Å². The molecule has 1 atom stereocenters. The molecule has 2 aromatic rings. The molecule has 0 spiro atoms. The molecule has 2 aliphatic rings. The topological polar surface area (TPSA) is 31.0 Å². The number of ether oxygens (including phenoxy) is 1. The van der Waals surface area contributed by atoms with E-state index in [9.17, 15) is 0 Å². The van der Waals surface area contributed by atoms with E-state index in [1.807, 2.05) is 30.3 Å². The number of halogens is 1. The Morgan fingerprint density at radius 3 is 2.61 bits per heavy atom. The van der Waals surface area contributed by atoms with Crippen LogP contribution in [0.5, 0.6) is 5.75 Å². The fourth-order valence-electron chi connectivity index (χ4n) is 3.80. The Bertz CT molecular complexity index is 848. The first-order valence-corrected chi connectivity index (χ1v) is 10.1. The van der Waals surface area contributed by atoms with E-state index in [1.54, 1.807) is 7.11 Å². The number of anilines is 2. The van der Waals surface area contributed by atoms with Gasteiger partial charge in [-0.05, 0) is 36.8 Å². The minimum atomic E-state index is 0.299. The molecule has 0 bridgehead atoms. The van der Waals surface area contributed by atoms with Crippen molar-refractivity contribution in [1.82, 2.24) is 10.3 Å². The average molecular weight is 399 g/mol. The summed E-state index contributed by atoms with van der Waals surface area (Å²) >= 11 is 6.35. The van der Waals surface area contributed by atoms with E-state index in [0.717, 1.165) is 49.2 Å². The molecular weight excluding hydrogens is 372 g/mol. The average Bonchev–Trinajstić information content (AvgIpc) is 3.09. The van der Waals surface area contributed by atoms with Crippen molar-refractivity contribution < 1.29 is 4.74 Å². The SMILES string of the molecule is COc1cccc(N2CCN(CC3=CN(c4ccccc4Cl)NC3C)CC2)c1. The van der Waals surface area contributed by atoms with Crippen LogP contribution in [0.15, 0.2) is 60.3 Å². The van der Waals surface area contributed by atoms with E-state index >= 15 is 0 Å². The Morgan fingerprint density at radius 1 is 1.07 bits per heavy atom. The van der Waals surface area contributed by atoms with Crippen LogP contribution < -0.4 is 20.1 Å². The van der Waals surface area contributed by atoms with Gasteiger partial charge in [0.1, 0.15) is 5.75 Å². The van der Waals surface area contributed by atoms with E-state index in [1.165, 1.54) is 11.3 Å². The Hall–Kier alpha value is -2.21. The highest BCUT2D eigenvalue weighted by atomic mass is 35.5. The number of benzene rings is 2. The Kier molecular flexibility index (Phi) is 5.76. The Balaban J connectivity index is 1.36. The third-order valence-electron chi connectivity index (χ3n) is 5.49. The molecule has 4 rings (SSSR count). The van der Waals surface area contributed by atoms with Crippen molar-refractivity contribution in [3.05, 3.63) is 65.3 Å². The van der Waals surface area contributed by atoms with Gasteiger partial charge in [-0.3, -0.25) is 9.91 Å². The zero-order valence-electron chi connectivity index (χ0n) is 16.4. The molecule has 148 valence electrons. The summed E-state index contributed by atoms with van der Waals surface area (Å²) in [7, 11) is 1.72. The summed E-state index contributed by atoms with van der Waals surface area (Å²) in [4.78, 5) is 4.95. The van der Waals surface area contributed by atoms with Crippen LogP contribution in [0.2, 0.25) is 5.02 Å². The number of methoxy groups -OCH3 is 1. The molecule has 1 N–H and O–H groups in total. The van der Waals surface area contributed by atoms with Crippen LogP contribution in [-0.2, 0) is 0 Å². The van der Waals surface area contributed by atoms with Crippen LogP contribution in [0.3, 0.4) is 0 Å². The van der Waals surface area contributed by atoms with Gasteiger partial charge in [0.05, 0.1) is 17.8 Å². The summed E-state index contributed by atoms with van der Waals surface area (Å²) in [5, 5.41) is 2.81. The molecule has 1 unspecified atom stereocenters. The maximum absolute atomic E-state index is 6.35. The van der Waals surface area contributed by atoms with Gasteiger partial charge in [-0.2, -0.15) is 0 Å². The standard InChI is InChI=1S/C22H27ClN4O/c1-17-18(16-27(24-17)22-9-4-3-8-21(22)23)15-25-10-12-26(13-11-25)19-6-5-7-20(14-19)28-2/h3-9,14,16-17,24H,10-13,15H2,1-2H3. The molecule has 0 saturated carbocycles. The first kappa shape index (κ1) is 19.1. The van der Waals surface area contributed by atoms with E-state index < -0.39 is 0 Å². The highest BCUT2D eigenvalue weighted by Crippen LogP contribution is 2.28. The maximum atomic E-state index is 6.35. The summed E-state index contributed by atoms with van der Waals surface area (Å²) in [6.07, 6.45) is 2.19. The van der Waals surface area contributed by atoms with Crippen molar-refractivity contribution in [2.24, 2.45) is 0 Å². The van der Waals surface area contributed by atoms with Crippen molar-refractivity contribution in [2.45, 2.75) is 13.0 Å². The second kappa shape index (κ2) is 8.43. The molecule has 2 heterocycles. The molecular formula is C22H27ClN4O. The lowest BCUT2D eigenvalue weighted by molar-refractivity contribution is 0.274. The van der Waals surface area contributed by atoms with Crippen LogP contribution in [0.1, 0.15) is 6.92 Å². The summed E-state index contributed by atoms with van der Waals surface area (Å²) in [6, 6.07) is 16.5. The lowest BCUT2D eigenvalue weighted by Crippen LogP contribution is -2.47. The van der Waals surface area contributed by atoms with Crippen molar-refractivity contribution in [2.75, 3.05) is 49.7 Å². The second-order valence-corrected chi connectivity index (χ2v) is 7.75. The number of hydrogen-bond donors (Lipinski definition) is 1. The maximum Gasteiger partial charge on any atom is 0.120 e.